The lowest BCUT2D eigenvalue weighted by molar-refractivity contribution is -0.159. The van der Waals surface area contributed by atoms with E-state index in [0.717, 1.165) is 0 Å². The van der Waals surface area contributed by atoms with Gasteiger partial charge in [0.25, 0.3) is 0 Å². The second-order valence-electron chi connectivity index (χ2n) is 3.99. The SMILES string of the molecule is CCOC(=O)C(F)Oc1c(C)cc(C(N)=O)cc1C. The molecule has 0 saturated heterocycles. The summed E-state index contributed by atoms with van der Waals surface area (Å²) in [6.07, 6.45) is -2.20. The van der Waals surface area contributed by atoms with E-state index in [1.807, 2.05) is 0 Å². The highest BCUT2D eigenvalue weighted by Crippen LogP contribution is 2.26. The van der Waals surface area contributed by atoms with Crippen LogP contribution in [0.1, 0.15) is 28.4 Å². The smallest absolute Gasteiger partial charge is 0.381 e. The van der Waals surface area contributed by atoms with Crippen LogP contribution in [0.4, 0.5) is 4.39 Å². The zero-order chi connectivity index (χ0) is 14.6. The largest absolute Gasteiger partial charge is 0.461 e. The molecule has 0 bridgehead atoms. The molecule has 1 rings (SSSR count). The Balaban J connectivity index is 2.96. The summed E-state index contributed by atoms with van der Waals surface area (Å²) in [6.45, 7) is 4.91. The van der Waals surface area contributed by atoms with Crippen molar-refractivity contribution in [3.63, 3.8) is 0 Å². The Labute approximate surface area is 110 Å². The first-order chi connectivity index (χ1) is 8.86. The average Bonchev–Trinajstić information content (AvgIpc) is 2.33. The molecule has 0 aromatic heterocycles. The summed E-state index contributed by atoms with van der Waals surface area (Å²) in [5, 5.41) is 0. The number of amides is 1. The van der Waals surface area contributed by atoms with E-state index in [0.29, 0.717) is 16.7 Å². The van der Waals surface area contributed by atoms with Crippen LogP contribution in [0.3, 0.4) is 0 Å². The van der Waals surface area contributed by atoms with Crippen LogP contribution in [0.25, 0.3) is 0 Å². The van der Waals surface area contributed by atoms with Crippen LogP contribution in [0.15, 0.2) is 12.1 Å². The van der Waals surface area contributed by atoms with E-state index in [1.165, 1.54) is 12.1 Å². The predicted octanol–water partition coefficient (Wildman–Crippen LogP) is 1.64. The maximum absolute atomic E-state index is 13.5. The summed E-state index contributed by atoms with van der Waals surface area (Å²) in [4.78, 5) is 22.2. The van der Waals surface area contributed by atoms with Gasteiger partial charge in [-0.1, -0.05) is 0 Å². The third-order valence-electron chi connectivity index (χ3n) is 2.44. The molecule has 1 aromatic carbocycles. The number of alkyl halides is 1. The highest BCUT2D eigenvalue weighted by molar-refractivity contribution is 5.93. The van der Waals surface area contributed by atoms with Gasteiger partial charge in [-0.25, -0.2) is 4.79 Å². The molecule has 0 radical (unpaired) electrons. The van der Waals surface area contributed by atoms with Crippen LogP contribution >= 0.6 is 0 Å². The summed E-state index contributed by atoms with van der Waals surface area (Å²) in [5.41, 5.74) is 6.49. The molecule has 2 N–H and O–H groups in total. The van der Waals surface area contributed by atoms with E-state index in [9.17, 15) is 14.0 Å². The molecule has 0 saturated carbocycles. The number of primary amides is 1. The van der Waals surface area contributed by atoms with E-state index >= 15 is 0 Å². The molecular weight excluding hydrogens is 253 g/mol. The van der Waals surface area contributed by atoms with Crippen LogP contribution in [-0.4, -0.2) is 24.8 Å². The number of aryl methyl sites for hydroxylation is 2. The van der Waals surface area contributed by atoms with E-state index in [-0.39, 0.29) is 12.4 Å². The maximum atomic E-state index is 13.5. The zero-order valence-corrected chi connectivity index (χ0v) is 11.0. The lowest BCUT2D eigenvalue weighted by Gasteiger charge is -2.15. The molecule has 6 heteroatoms. The first-order valence-corrected chi connectivity index (χ1v) is 5.75. The van der Waals surface area contributed by atoms with Gasteiger partial charge in [-0.15, -0.1) is 0 Å². The van der Waals surface area contributed by atoms with E-state index < -0.39 is 18.2 Å². The van der Waals surface area contributed by atoms with Crippen LogP contribution in [-0.2, 0) is 9.53 Å². The molecule has 19 heavy (non-hydrogen) atoms. The topological polar surface area (TPSA) is 78.6 Å². The minimum atomic E-state index is -2.20. The van der Waals surface area contributed by atoms with Gasteiger partial charge in [0.2, 0.25) is 5.91 Å². The molecule has 0 aliphatic carbocycles. The van der Waals surface area contributed by atoms with Gasteiger partial charge < -0.3 is 15.2 Å². The summed E-state index contributed by atoms with van der Waals surface area (Å²) >= 11 is 0. The molecule has 1 atom stereocenters. The maximum Gasteiger partial charge on any atom is 0.381 e. The van der Waals surface area contributed by atoms with Crippen LogP contribution in [0.5, 0.6) is 5.75 Å². The van der Waals surface area contributed by atoms with E-state index in [4.69, 9.17) is 10.5 Å². The van der Waals surface area contributed by atoms with Crippen molar-refractivity contribution in [1.82, 2.24) is 0 Å². The fourth-order valence-electron chi connectivity index (χ4n) is 1.64. The standard InChI is InChI=1S/C13H16FNO4/c1-4-18-13(17)11(14)19-10-7(2)5-9(12(15)16)6-8(10)3/h5-6,11H,4H2,1-3H3,(H2,15,16). The van der Waals surface area contributed by atoms with Crippen molar-refractivity contribution in [1.29, 1.82) is 0 Å². The molecule has 0 spiro atoms. The van der Waals surface area contributed by atoms with Gasteiger partial charge in [0.1, 0.15) is 5.75 Å². The number of nitrogens with two attached hydrogens (primary N) is 1. The summed E-state index contributed by atoms with van der Waals surface area (Å²) < 4.78 is 22.9. The molecule has 0 fully saturated rings. The lowest BCUT2D eigenvalue weighted by Crippen LogP contribution is -2.25. The number of carbonyl (C=O) groups excluding carboxylic acids is 2. The van der Waals surface area contributed by atoms with Gasteiger partial charge in [-0.3, -0.25) is 4.79 Å². The molecule has 1 aromatic rings. The summed E-state index contributed by atoms with van der Waals surface area (Å²) in [5.74, 6) is -1.47. The number of hydrogen-bond donors (Lipinski definition) is 1. The van der Waals surface area contributed by atoms with Gasteiger partial charge in [0, 0.05) is 5.56 Å². The lowest BCUT2D eigenvalue weighted by atomic mass is 10.1. The monoisotopic (exact) mass is 269 g/mol. The van der Waals surface area contributed by atoms with Crippen molar-refractivity contribution in [2.45, 2.75) is 27.1 Å². The Morgan fingerprint density at radius 1 is 1.32 bits per heavy atom. The minimum Gasteiger partial charge on any atom is -0.461 e. The van der Waals surface area contributed by atoms with Crippen molar-refractivity contribution in [2.24, 2.45) is 5.73 Å². The fourth-order valence-corrected chi connectivity index (χ4v) is 1.64. The number of ether oxygens (including phenoxy) is 2. The first-order valence-electron chi connectivity index (χ1n) is 5.75. The van der Waals surface area contributed by atoms with Crippen LogP contribution in [0, 0.1) is 13.8 Å². The van der Waals surface area contributed by atoms with Gasteiger partial charge in [-0.05, 0) is 44.0 Å². The molecular formula is C13H16FNO4. The van der Waals surface area contributed by atoms with Gasteiger partial charge in [0.05, 0.1) is 6.61 Å². The van der Waals surface area contributed by atoms with E-state index in [1.54, 1.807) is 20.8 Å². The third-order valence-corrected chi connectivity index (χ3v) is 2.44. The summed E-state index contributed by atoms with van der Waals surface area (Å²) in [7, 11) is 0. The number of carbonyl (C=O) groups is 2. The molecule has 1 amide bonds. The summed E-state index contributed by atoms with van der Waals surface area (Å²) in [6, 6.07) is 2.95. The molecule has 1 unspecified atom stereocenters. The zero-order valence-electron chi connectivity index (χ0n) is 11.0. The average molecular weight is 269 g/mol. The molecule has 104 valence electrons. The number of benzene rings is 1. The third kappa shape index (κ3) is 3.67. The Bertz CT molecular complexity index is 478. The van der Waals surface area contributed by atoms with Crippen molar-refractivity contribution >= 4 is 11.9 Å². The van der Waals surface area contributed by atoms with Gasteiger partial charge >= 0.3 is 12.3 Å². The predicted molar refractivity (Wildman–Crippen MR) is 66.6 cm³/mol. The Hall–Kier alpha value is -2.11. The molecule has 0 heterocycles. The molecule has 0 aliphatic rings. The molecule has 0 aliphatic heterocycles. The second kappa shape index (κ2) is 6.17. The number of halogens is 1. The van der Waals surface area contributed by atoms with Crippen molar-refractivity contribution in [3.8, 4) is 5.75 Å². The number of rotatable bonds is 5. The fraction of sp³-hybridized carbons (Fsp3) is 0.385. The highest BCUT2D eigenvalue weighted by atomic mass is 19.1. The Morgan fingerprint density at radius 3 is 2.26 bits per heavy atom. The normalized spacial score (nSPS) is 11.8. The van der Waals surface area contributed by atoms with Gasteiger partial charge in [0.15, 0.2) is 0 Å². The minimum absolute atomic E-state index is 0.0706. The van der Waals surface area contributed by atoms with Crippen LogP contribution in [0.2, 0.25) is 0 Å². The highest BCUT2D eigenvalue weighted by Gasteiger charge is 2.22. The quantitative estimate of drug-likeness (QED) is 0.824. The Kier molecular flexibility index (Phi) is 4.86. The molecule has 5 nitrogen and oxygen atoms in total. The van der Waals surface area contributed by atoms with Crippen molar-refractivity contribution in [2.75, 3.05) is 6.61 Å². The first kappa shape index (κ1) is 14.9. The van der Waals surface area contributed by atoms with Gasteiger partial charge in [-0.2, -0.15) is 4.39 Å². The number of hydrogen-bond acceptors (Lipinski definition) is 4. The van der Waals surface area contributed by atoms with Crippen LogP contribution < -0.4 is 10.5 Å². The van der Waals surface area contributed by atoms with Crippen molar-refractivity contribution in [3.05, 3.63) is 28.8 Å². The second-order valence-corrected chi connectivity index (χ2v) is 3.99. The van der Waals surface area contributed by atoms with E-state index in [2.05, 4.69) is 4.74 Å². The van der Waals surface area contributed by atoms with Crippen molar-refractivity contribution < 1.29 is 23.5 Å². The number of esters is 1. The Morgan fingerprint density at radius 2 is 1.84 bits per heavy atom.